The Labute approximate surface area is 177 Å². The monoisotopic (exact) mass is 406 g/mol. The third-order valence-electron chi connectivity index (χ3n) is 5.73. The fraction of sp³-hybridized carbons (Fsp3) is 0.292. The molecule has 1 aliphatic rings. The Hall–Kier alpha value is -3.25. The number of nitrogens with one attached hydrogen (secondary N) is 2. The first-order chi connectivity index (χ1) is 14.7. The van der Waals surface area contributed by atoms with E-state index in [1.807, 2.05) is 18.2 Å². The minimum Gasteiger partial charge on any atom is -0.497 e. The zero-order valence-corrected chi connectivity index (χ0v) is 17.2. The van der Waals surface area contributed by atoms with Crippen LogP contribution in [0.25, 0.3) is 0 Å². The standard InChI is InChI=1S/C24H27N3O3/c1-29-21-11-9-19(10-12-21)24(28)25-18-22(23-8-5-17-30-23)27-15-13-26(14-16-27)20-6-3-2-4-7-20/h2-12,17,22H,13-16,18H2,1H3,(H,25,28)/p+1/t22-/m1/s1. The molecule has 4 rings (SSSR count). The van der Waals surface area contributed by atoms with E-state index in [4.69, 9.17) is 9.15 Å². The lowest BCUT2D eigenvalue weighted by Crippen LogP contribution is -3.15. The van der Waals surface area contributed by atoms with Gasteiger partial charge in [0.1, 0.15) is 5.75 Å². The fourth-order valence-electron chi connectivity index (χ4n) is 4.01. The van der Waals surface area contributed by atoms with Gasteiger partial charge in [0.05, 0.1) is 46.1 Å². The maximum absolute atomic E-state index is 12.6. The van der Waals surface area contributed by atoms with E-state index in [1.165, 1.54) is 10.6 Å². The topological polar surface area (TPSA) is 59.1 Å². The Bertz CT molecular complexity index is 918. The number of para-hydroxylation sites is 1. The molecular weight excluding hydrogens is 378 g/mol. The van der Waals surface area contributed by atoms with E-state index >= 15 is 0 Å². The van der Waals surface area contributed by atoms with Crippen LogP contribution in [0.5, 0.6) is 5.75 Å². The number of ether oxygens (including phenoxy) is 1. The summed E-state index contributed by atoms with van der Waals surface area (Å²) in [6, 6.07) is 21.7. The van der Waals surface area contributed by atoms with E-state index in [9.17, 15) is 4.79 Å². The molecule has 0 bridgehead atoms. The lowest BCUT2D eigenvalue weighted by Gasteiger charge is -2.37. The molecule has 0 unspecified atom stereocenters. The van der Waals surface area contributed by atoms with Crippen molar-refractivity contribution >= 4 is 11.6 Å². The van der Waals surface area contributed by atoms with Crippen LogP contribution >= 0.6 is 0 Å². The van der Waals surface area contributed by atoms with Gasteiger partial charge in [0.2, 0.25) is 0 Å². The Morgan fingerprint density at radius 2 is 1.80 bits per heavy atom. The summed E-state index contributed by atoms with van der Waals surface area (Å²) in [6.07, 6.45) is 1.70. The van der Waals surface area contributed by atoms with E-state index < -0.39 is 0 Å². The molecule has 1 fully saturated rings. The van der Waals surface area contributed by atoms with Crippen molar-refractivity contribution in [3.63, 3.8) is 0 Å². The largest absolute Gasteiger partial charge is 0.497 e. The normalized spacial score (nSPS) is 15.6. The number of hydrogen-bond donors (Lipinski definition) is 2. The van der Waals surface area contributed by atoms with Gasteiger partial charge in [-0.2, -0.15) is 0 Å². The molecule has 1 aromatic heterocycles. The molecule has 2 heterocycles. The zero-order valence-electron chi connectivity index (χ0n) is 17.2. The quantitative estimate of drug-likeness (QED) is 0.631. The van der Waals surface area contributed by atoms with Crippen LogP contribution in [0.1, 0.15) is 22.2 Å². The van der Waals surface area contributed by atoms with Crippen LogP contribution in [0.15, 0.2) is 77.4 Å². The van der Waals surface area contributed by atoms with Crippen molar-refractivity contribution in [3.05, 3.63) is 84.3 Å². The summed E-state index contributed by atoms with van der Waals surface area (Å²) in [5.41, 5.74) is 1.89. The highest BCUT2D eigenvalue weighted by Crippen LogP contribution is 2.15. The van der Waals surface area contributed by atoms with Crippen LogP contribution in [0.2, 0.25) is 0 Å². The molecule has 1 atom stereocenters. The first kappa shape index (κ1) is 20.0. The fourth-order valence-corrected chi connectivity index (χ4v) is 4.01. The van der Waals surface area contributed by atoms with Crippen molar-refractivity contribution in [1.29, 1.82) is 0 Å². The molecule has 6 heteroatoms. The second kappa shape index (κ2) is 9.50. The maximum Gasteiger partial charge on any atom is 0.251 e. The molecule has 0 spiro atoms. The molecule has 2 aromatic carbocycles. The second-order valence-corrected chi connectivity index (χ2v) is 7.49. The molecule has 1 amide bonds. The third kappa shape index (κ3) is 4.66. The average Bonchev–Trinajstić information content (AvgIpc) is 3.35. The summed E-state index contributed by atoms with van der Waals surface area (Å²) in [7, 11) is 1.61. The number of nitrogens with zero attached hydrogens (tertiary/aromatic N) is 1. The molecule has 0 saturated carbocycles. The van der Waals surface area contributed by atoms with Gasteiger partial charge in [-0.3, -0.25) is 4.79 Å². The van der Waals surface area contributed by atoms with Crippen molar-refractivity contribution in [3.8, 4) is 5.75 Å². The van der Waals surface area contributed by atoms with Crippen LogP contribution in [-0.2, 0) is 0 Å². The van der Waals surface area contributed by atoms with Crippen LogP contribution in [0, 0.1) is 0 Å². The Morgan fingerprint density at radius 3 is 2.43 bits per heavy atom. The van der Waals surface area contributed by atoms with Crippen LogP contribution in [0.4, 0.5) is 5.69 Å². The van der Waals surface area contributed by atoms with Crippen molar-refractivity contribution in [2.45, 2.75) is 6.04 Å². The number of methoxy groups -OCH3 is 1. The van der Waals surface area contributed by atoms with Crippen molar-refractivity contribution < 1.29 is 18.8 Å². The van der Waals surface area contributed by atoms with Crippen LogP contribution < -0.4 is 19.9 Å². The number of rotatable bonds is 7. The van der Waals surface area contributed by atoms with Gasteiger partial charge in [0.25, 0.3) is 5.91 Å². The van der Waals surface area contributed by atoms with E-state index in [0.717, 1.165) is 37.7 Å². The number of amides is 1. The minimum absolute atomic E-state index is 0.0834. The maximum atomic E-state index is 12.6. The number of carbonyl (C=O) groups is 1. The van der Waals surface area contributed by atoms with Gasteiger partial charge in [0, 0.05) is 11.3 Å². The second-order valence-electron chi connectivity index (χ2n) is 7.49. The Morgan fingerprint density at radius 1 is 1.07 bits per heavy atom. The van der Waals surface area contributed by atoms with E-state index in [2.05, 4.69) is 34.5 Å². The van der Waals surface area contributed by atoms with Gasteiger partial charge in [0.15, 0.2) is 11.8 Å². The van der Waals surface area contributed by atoms with Gasteiger partial charge in [-0.1, -0.05) is 18.2 Å². The number of quaternary nitrogens is 1. The van der Waals surface area contributed by atoms with Crippen LogP contribution in [-0.4, -0.2) is 45.7 Å². The number of hydrogen-bond acceptors (Lipinski definition) is 4. The van der Waals surface area contributed by atoms with Gasteiger partial charge in [-0.05, 0) is 48.5 Å². The van der Waals surface area contributed by atoms with E-state index in [-0.39, 0.29) is 11.9 Å². The Balaban J connectivity index is 1.39. The highest BCUT2D eigenvalue weighted by molar-refractivity contribution is 5.94. The smallest absolute Gasteiger partial charge is 0.251 e. The predicted octanol–water partition coefficient (Wildman–Crippen LogP) is 2.16. The number of piperazine rings is 1. The molecule has 156 valence electrons. The highest BCUT2D eigenvalue weighted by atomic mass is 16.5. The summed E-state index contributed by atoms with van der Waals surface area (Å²) < 4.78 is 10.9. The number of benzene rings is 2. The third-order valence-corrected chi connectivity index (χ3v) is 5.73. The lowest BCUT2D eigenvalue weighted by molar-refractivity contribution is -0.932. The highest BCUT2D eigenvalue weighted by Gasteiger charge is 2.31. The summed E-state index contributed by atoms with van der Waals surface area (Å²) in [5.74, 6) is 1.56. The summed E-state index contributed by atoms with van der Waals surface area (Å²) in [4.78, 5) is 16.5. The summed E-state index contributed by atoms with van der Waals surface area (Å²) >= 11 is 0. The number of anilines is 1. The SMILES string of the molecule is COc1ccc(C(=O)NC[C@H](c2ccco2)[NH+]2CCN(c3ccccc3)CC2)cc1. The van der Waals surface area contributed by atoms with Gasteiger partial charge in [-0.25, -0.2) is 0 Å². The summed E-state index contributed by atoms with van der Waals surface area (Å²) in [5, 5.41) is 3.09. The zero-order chi connectivity index (χ0) is 20.8. The molecule has 30 heavy (non-hydrogen) atoms. The first-order valence-corrected chi connectivity index (χ1v) is 10.3. The number of furan rings is 1. The number of carbonyl (C=O) groups excluding carboxylic acids is 1. The molecule has 2 N–H and O–H groups in total. The first-order valence-electron chi connectivity index (χ1n) is 10.3. The average molecular weight is 407 g/mol. The van der Waals surface area contributed by atoms with Crippen molar-refractivity contribution in [2.24, 2.45) is 0 Å². The van der Waals surface area contributed by atoms with Crippen molar-refractivity contribution in [2.75, 3.05) is 44.7 Å². The Kier molecular flexibility index (Phi) is 6.35. The van der Waals surface area contributed by atoms with E-state index in [0.29, 0.717) is 12.1 Å². The van der Waals surface area contributed by atoms with Gasteiger partial charge >= 0.3 is 0 Å². The molecule has 1 aliphatic heterocycles. The predicted molar refractivity (Wildman–Crippen MR) is 116 cm³/mol. The van der Waals surface area contributed by atoms with E-state index in [1.54, 1.807) is 37.6 Å². The van der Waals surface area contributed by atoms with Crippen molar-refractivity contribution in [1.82, 2.24) is 5.32 Å². The molecule has 0 radical (unpaired) electrons. The van der Waals surface area contributed by atoms with Gasteiger partial charge < -0.3 is 24.3 Å². The molecule has 3 aromatic rings. The molecule has 6 nitrogen and oxygen atoms in total. The molecular formula is C24H28N3O3+. The minimum atomic E-state index is -0.0865. The van der Waals surface area contributed by atoms with Gasteiger partial charge in [-0.15, -0.1) is 0 Å². The molecule has 1 saturated heterocycles. The molecule has 0 aliphatic carbocycles. The van der Waals surface area contributed by atoms with Crippen LogP contribution in [0.3, 0.4) is 0 Å². The summed E-state index contributed by atoms with van der Waals surface area (Å²) in [6.45, 7) is 4.45. The lowest BCUT2D eigenvalue weighted by atomic mass is 10.1.